The molecular weight excluding hydrogens is 188 g/mol. The number of ketones is 1. The lowest BCUT2D eigenvalue weighted by molar-refractivity contribution is 0.101. The van der Waals surface area contributed by atoms with Crippen LogP contribution in [0.4, 0.5) is 11.4 Å². The van der Waals surface area contributed by atoms with Crippen LogP contribution in [0.2, 0.25) is 0 Å². The predicted molar refractivity (Wildman–Crippen MR) is 64.2 cm³/mol. The normalized spacial score (nSPS) is 9.67. The summed E-state index contributed by atoms with van der Waals surface area (Å²) >= 11 is 0. The number of nitrogens with one attached hydrogen (secondary N) is 1. The highest BCUT2D eigenvalue weighted by Crippen LogP contribution is 2.18. The first-order chi connectivity index (χ1) is 7.15. The summed E-state index contributed by atoms with van der Waals surface area (Å²) in [5, 5.41) is 3.19. The highest BCUT2D eigenvalue weighted by molar-refractivity contribution is 5.99. The Balaban J connectivity index is 2.78. The van der Waals surface area contributed by atoms with Crippen molar-refractivity contribution >= 4 is 17.2 Å². The number of anilines is 2. The lowest BCUT2D eigenvalue weighted by Gasteiger charge is -2.08. The molecule has 1 rings (SSSR count). The van der Waals surface area contributed by atoms with E-state index in [4.69, 9.17) is 5.73 Å². The summed E-state index contributed by atoms with van der Waals surface area (Å²) in [6, 6.07) is 5.39. The molecule has 1 aromatic carbocycles. The van der Waals surface area contributed by atoms with E-state index < -0.39 is 0 Å². The van der Waals surface area contributed by atoms with Gasteiger partial charge in [-0.15, -0.1) is 6.58 Å². The van der Waals surface area contributed by atoms with Gasteiger partial charge in [-0.3, -0.25) is 4.79 Å². The fraction of sp³-hybridized carbons (Fsp3) is 0.250. The molecule has 0 aliphatic carbocycles. The van der Waals surface area contributed by atoms with Crippen LogP contribution >= 0.6 is 0 Å². The summed E-state index contributed by atoms with van der Waals surface area (Å²) in [6.07, 6.45) is 2.73. The third-order valence-corrected chi connectivity index (χ3v) is 2.11. The van der Waals surface area contributed by atoms with Gasteiger partial charge in [-0.1, -0.05) is 6.08 Å². The van der Waals surface area contributed by atoms with E-state index in [2.05, 4.69) is 11.9 Å². The molecule has 0 bridgehead atoms. The van der Waals surface area contributed by atoms with E-state index >= 15 is 0 Å². The molecule has 3 N–H and O–H groups in total. The van der Waals surface area contributed by atoms with Crippen LogP contribution in [0.5, 0.6) is 0 Å². The summed E-state index contributed by atoms with van der Waals surface area (Å²) in [5.41, 5.74) is 7.69. The Bertz CT molecular complexity index is 372. The molecule has 0 atom stereocenters. The van der Waals surface area contributed by atoms with Gasteiger partial charge >= 0.3 is 0 Å². The number of carbonyl (C=O) groups excluding carboxylic acids is 1. The van der Waals surface area contributed by atoms with Gasteiger partial charge in [0.2, 0.25) is 0 Å². The fourth-order valence-electron chi connectivity index (χ4n) is 1.29. The van der Waals surface area contributed by atoms with Crippen LogP contribution in [-0.2, 0) is 0 Å². The third kappa shape index (κ3) is 3.13. The Morgan fingerprint density at radius 2 is 2.33 bits per heavy atom. The number of Topliss-reactive ketones (excluding diaryl/α,β-unsaturated/α-hetero) is 1. The number of rotatable bonds is 5. The minimum atomic E-state index is -0.0140. The number of carbonyl (C=O) groups is 1. The van der Waals surface area contributed by atoms with Gasteiger partial charge in [0.1, 0.15) is 0 Å². The van der Waals surface area contributed by atoms with Crippen LogP contribution in [0.25, 0.3) is 0 Å². The molecule has 0 unspecified atom stereocenters. The molecule has 0 saturated heterocycles. The smallest absolute Gasteiger partial charge is 0.161 e. The van der Waals surface area contributed by atoms with E-state index in [1.807, 2.05) is 12.1 Å². The molecule has 1 aromatic rings. The number of nitrogen functional groups attached to an aromatic ring is 1. The molecule has 0 fully saturated rings. The average molecular weight is 204 g/mol. The van der Waals surface area contributed by atoms with Crippen LogP contribution < -0.4 is 11.1 Å². The molecule has 0 aliphatic heterocycles. The Morgan fingerprint density at radius 1 is 1.60 bits per heavy atom. The minimum absolute atomic E-state index is 0.0140. The van der Waals surface area contributed by atoms with Gasteiger partial charge in [-0.25, -0.2) is 0 Å². The summed E-state index contributed by atoms with van der Waals surface area (Å²) < 4.78 is 0. The van der Waals surface area contributed by atoms with Gasteiger partial charge in [-0.2, -0.15) is 0 Å². The second-order valence-electron chi connectivity index (χ2n) is 3.36. The van der Waals surface area contributed by atoms with Gasteiger partial charge in [0, 0.05) is 23.5 Å². The van der Waals surface area contributed by atoms with E-state index in [1.54, 1.807) is 12.1 Å². The van der Waals surface area contributed by atoms with Crippen LogP contribution in [-0.4, -0.2) is 12.3 Å². The van der Waals surface area contributed by atoms with Crippen molar-refractivity contribution in [2.45, 2.75) is 13.3 Å². The number of hydrogen-bond donors (Lipinski definition) is 2. The summed E-state index contributed by atoms with van der Waals surface area (Å²) in [6.45, 7) is 5.96. The Morgan fingerprint density at radius 3 is 2.93 bits per heavy atom. The summed E-state index contributed by atoms with van der Waals surface area (Å²) in [4.78, 5) is 11.2. The van der Waals surface area contributed by atoms with Gasteiger partial charge in [0.05, 0.1) is 0 Å². The highest BCUT2D eigenvalue weighted by atomic mass is 16.1. The van der Waals surface area contributed by atoms with Crippen molar-refractivity contribution in [3.05, 3.63) is 36.4 Å². The van der Waals surface area contributed by atoms with Crippen LogP contribution in [0.3, 0.4) is 0 Å². The predicted octanol–water partition coefficient (Wildman–Crippen LogP) is 2.46. The van der Waals surface area contributed by atoms with Gasteiger partial charge in [0.15, 0.2) is 5.78 Å². The molecule has 0 amide bonds. The molecular formula is C12H16N2O. The van der Waals surface area contributed by atoms with Crippen LogP contribution in [0.1, 0.15) is 23.7 Å². The molecule has 0 aliphatic rings. The van der Waals surface area contributed by atoms with Crippen molar-refractivity contribution in [2.75, 3.05) is 17.6 Å². The topological polar surface area (TPSA) is 55.1 Å². The largest absolute Gasteiger partial charge is 0.398 e. The highest BCUT2D eigenvalue weighted by Gasteiger charge is 2.04. The molecule has 0 aromatic heterocycles. The maximum Gasteiger partial charge on any atom is 0.161 e. The Kier molecular flexibility index (Phi) is 3.92. The third-order valence-electron chi connectivity index (χ3n) is 2.11. The van der Waals surface area contributed by atoms with Crippen molar-refractivity contribution in [1.29, 1.82) is 0 Å². The standard InChI is InChI=1S/C12H16N2O/c1-3-4-7-14-10-5-6-12(13)11(8-10)9(2)15/h3,5-6,8,14H,1,4,7,13H2,2H3. The van der Waals surface area contributed by atoms with E-state index in [1.165, 1.54) is 6.92 Å². The van der Waals surface area contributed by atoms with Crippen LogP contribution in [0.15, 0.2) is 30.9 Å². The lowest BCUT2D eigenvalue weighted by Crippen LogP contribution is -2.04. The first-order valence-electron chi connectivity index (χ1n) is 4.90. The van der Waals surface area contributed by atoms with Crippen molar-refractivity contribution in [3.63, 3.8) is 0 Å². The number of nitrogens with two attached hydrogens (primary N) is 1. The zero-order chi connectivity index (χ0) is 11.3. The van der Waals surface area contributed by atoms with Crippen LogP contribution in [0, 0.1) is 0 Å². The van der Waals surface area contributed by atoms with E-state index in [0.717, 1.165) is 18.7 Å². The van der Waals surface area contributed by atoms with Gasteiger partial charge in [0.25, 0.3) is 0 Å². The quantitative estimate of drug-likeness (QED) is 0.335. The molecule has 3 nitrogen and oxygen atoms in total. The zero-order valence-electron chi connectivity index (χ0n) is 8.92. The summed E-state index contributed by atoms with van der Waals surface area (Å²) in [5.74, 6) is -0.0140. The van der Waals surface area contributed by atoms with Crippen molar-refractivity contribution in [3.8, 4) is 0 Å². The van der Waals surface area contributed by atoms with Gasteiger partial charge in [-0.05, 0) is 31.5 Å². The number of hydrogen-bond acceptors (Lipinski definition) is 3. The molecule has 0 spiro atoms. The van der Waals surface area contributed by atoms with Gasteiger partial charge < -0.3 is 11.1 Å². The zero-order valence-corrected chi connectivity index (χ0v) is 8.92. The molecule has 0 heterocycles. The maximum absolute atomic E-state index is 11.2. The number of benzene rings is 1. The monoisotopic (exact) mass is 204 g/mol. The molecule has 0 radical (unpaired) electrons. The molecule has 15 heavy (non-hydrogen) atoms. The van der Waals surface area contributed by atoms with Crippen molar-refractivity contribution < 1.29 is 4.79 Å². The van der Waals surface area contributed by atoms with Crippen molar-refractivity contribution in [1.82, 2.24) is 0 Å². The van der Waals surface area contributed by atoms with E-state index in [-0.39, 0.29) is 5.78 Å². The Labute approximate surface area is 90.0 Å². The summed E-state index contributed by atoms with van der Waals surface area (Å²) in [7, 11) is 0. The SMILES string of the molecule is C=CCCNc1ccc(N)c(C(C)=O)c1. The lowest BCUT2D eigenvalue weighted by atomic mass is 10.1. The molecule has 0 saturated carbocycles. The maximum atomic E-state index is 11.2. The van der Waals surface area contributed by atoms with E-state index in [0.29, 0.717) is 11.3 Å². The Hall–Kier alpha value is -1.77. The first-order valence-corrected chi connectivity index (χ1v) is 4.90. The first kappa shape index (κ1) is 11.3. The molecule has 3 heteroatoms. The van der Waals surface area contributed by atoms with E-state index in [9.17, 15) is 4.79 Å². The fourth-order valence-corrected chi connectivity index (χ4v) is 1.29. The second kappa shape index (κ2) is 5.20. The second-order valence-corrected chi connectivity index (χ2v) is 3.36. The average Bonchev–Trinajstić information content (AvgIpc) is 2.20. The van der Waals surface area contributed by atoms with Crippen molar-refractivity contribution in [2.24, 2.45) is 0 Å². The minimum Gasteiger partial charge on any atom is -0.398 e. The molecule has 80 valence electrons.